The first-order valence-electron chi connectivity index (χ1n) is 14.4. The SMILES string of the molecule is NC(=O)Cc1cnc(Nc2ccc(N3CCC(CCOCc4ccccc4)CC3)cc2)cc1NCc1ccccc1. The van der Waals surface area contributed by atoms with E-state index in [0.717, 1.165) is 54.5 Å². The number of carbonyl (C=O) groups excluding carboxylic acids is 1. The van der Waals surface area contributed by atoms with Crippen molar-refractivity contribution in [2.75, 3.05) is 35.2 Å². The molecule has 1 amide bonds. The number of amides is 1. The zero-order valence-electron chi connectivity index (χ0n) is 23.5. The summed E-state index contributed by atoms with van der Waals surface area (Å²) in [6.07, 6.45) is 5.35. The quantitative estimate of drug-likeness (QED) is 0.170. The number of aromatic nitrogens is 1. The number of carbonyl (C=O) groups is 1. The molecule has 0 saturated carbocycles. The molecule has 2 heterocycles. The van der Waals surface area contributed by atoms with Crippen molar-refractivity contribution in [1.29, 1.82) is 0 Å². The van der Waals surface area contributed by atoms with E-state index in [0.29, 0.717) is 19.0 Å². The van der Waals surface area contributed by atoms with E-state index in [-0.39, 0.29) is 12.3 Å². The fraction of sp³-hybridized carbons (Fsp3) is 0.294. The smallest absolute Gasteiger partial charge is 0.221 e. The molecule has 212 valence electrons. The summed E-state index contributed by atoms with van der Waals surface area (Å²) in [6.45, 7) is 4.28. The van der Waals surface area contributed by atoms with E-state index in [1.54, 1.807) is 6.20 Å². The molecule has 7 heteroatoms. The zero-order chi connectivity index (χ0) is 28.3. The molecule has 5 rings (SSSR count). The highest BCUT2D eigenvalue weighted by atomic mass is 16.5. The molecule has 3 aromatic carbocycles. The molecule has 1 aliphatic rings. The lowest BCUT2D eigenvalue weighted by molar-refractivity contribution is -0.117. The normalized spacial score (nSPS) is 13.6. The molecule has 4 aromatic rings. The van der Waals surface area contributed by atoms with Crippen LogP contribution in [0.4, 0.5) is 22.9 Å². The Morgan fingerprint density at radius 3 is 2.29 bits per heavy atom. The molecule has 4 N–H and O–H groups in total. The van der Waals surface area contributed by atoms with E-state index >= 15 is 0 Å². The molecule has 0 bridgehead atoms. The number of rotatable bonds is 13. The fourth-order valence-corrected chi connectivity index (χ4v) is 5.24. The fourth-order valence-electron chi connectivity index (χ4n) is 5.24. The monoisotopic (exact) mass is 549 g/mol. The number of hydrogen-bond acceptors (Lipinski definition) is 6. The van der Waals surface area contributed by atoms with E-state index in [1.807, 2.05) is 30.3 Å². The first-order chi connectivity index (χ1) is 20.1. The minimum absolute atomic E-state index is 0.135. The van der Waals surface area contributed by atoms with Crippen molar-refractivity contribution in [2.45, 2.75) is 38.8 Å². The maximum Gasteiger partial charge on any atom is 0.221 e. The number of piperidine rings is 1. The number of anilines is 4. The van der Waals surface area contributed by atoms with Crippen molar-refractivity contribution in [1.82, 2.24) is 4.98 Å². The van der Waals surface area contributed by atoms with Gasteiger partial charge >= 0.3 is 0 Å². The van der Waals surface area contributed by atoms with Crippen LogP contribution in [0.25, 0.3) is 0 Å². The molecule has 0 spiro atoms. The van der Waals surface area contributed by atoms with Crippen LogP contribution in [0.5, 0.6) is 0 Å². The summed E-state index contributed by atoms with van der Waals surface area (Å²) in [5.74, 6) is 1.04. The number of benzene rings is 3. The van der Waals surface area contributed by atoms with Crippen LogP contribution >= 0.6 is 0 Å². The maximum absolute atomic E-state index is 11.6. The number of primary amides is 1. The van der Waals surface area contributed by atoms with Gasteiger partial charge < -0.3 is 26.0 Å². The van der Waals surface area contributed by atoms with Crippen molar-refractivity contribution in [2.24, 2.45) is 11.7 Å². The summed E-state index contributed by atoms with van der Waals surface area (Å²) in [5.41, 5.74) is 11.7. The lowest BCUT2D eigenvalue weighted by Crippen LogP contribution is -2.33. The second-order valence-electron chi connectivity index (χ2n) is 10.6. The molecule has 1 fully saturated rings. The highest BCUT2D eigenvalue weighted by molar-refractivity contribution is 5.79. The molecule has 0 unspecified atom stereocenters. The standard InChI is InChI=1S/C34H39N5O2/c35-33(40)21-29-24-37-34(22-32(29)36-23-27-7-3-1-4-8-27)38-30-11-13-31(14-12-30)39-18-15-26(16-19-39)17-20-41-25-28-9-5-2-6-10-28/h1-14,22,24,26H,15-21,23,25H2,(H2,35,40)(H2,36,37,38). The molecule has 1 aliphatic heterocycles. The molecular weight excluding hydrogens is 510 g/mol. The van der Waals surface area contributed by atoms with Crippen LogP contribution in [-0.4, -0.2) is 30.6 Å². The lowest BCUT2D eigenvalue weighted by atomic mass is 9.93. The molecule has 7 nitrogen and oxygen atoms in total. The second-order valence-corrected chi connectivity index (χ2v) is 10.6. The van der Waals surface area contributed by atoms with Crippen molar-refractivity contribution in [3.8, 4) is 0 Å². The lowest BCUT2D eigenvalue weighted by Gasteiger charge is -2.33. The van der Waals surface area contributed by atoms with E-state index in [4.69, 9.17) is 10.5 Å². The summed E-state index contributed by atoms with van der Waals surface area (Å²) < 4.78 is 5.91. The highest BCUT2D eigenvalue weighted by Crippen LogP contribution is 2.28. The van der Waals surface area contributed by atoms with Crippen molar-refractivity contribution in [3.05, 3.63) is 114 Å². The Morgan fingerprint density at radius 1 is 0.927 bits per heavy atom. The van der Waals surface area contributed by atoms with Gasteiger partial charge in [0.25, 0.3) is 0 Å². The largest absolute Gasteiger partial charge is 0.381 e. The highest BCUT2D eigenvalue weighted by Gasteiger charge is 2.19. The number of nitrogens with zero attached hydrogens (tertiary/aromatic N) is 2. The summed E-state index contributed by atoms with van der Waals surface area (Å²) >= 11 is 0. The van der Waals surface area contributed by atoms with Gasteiger partial charge in [0.1, 0.15) is 5.82 Å². The maximum atomic E-state index is 11.6. The number of pyridine rings is 1. The topological polar surface area (TPSA) is 92.5 Å². The molecular formula is C34H39N5O2. The second kappa shape index (κ2) is 14.3. The van der Waals surface area contributed by atoms with Gasteiger partial charge in [-0.1, -0.05) is 60.7 Å². The minimum Gasteiger partial charge on any atom is -0.381 e. The average Bonchev–Trinajstić information content (AvgIpc) is 3.01. The number of nitrogens with two attached hydrogens (primary N) is 1. The Kier molecular flexibility index (Phi) is 9.84. The van der Waals surface area contributed by atoms with Crippen molar-refractivity contribution in [3.63, 3.8) is 0 Å². The molecule has 1 aromatic heterocycles. The summed E-state index contributed by atoms with van der Waals surface area (Å²) in [4.78, 5) is 18.6. The molecule has 41 heavy (non-hydrogen) atoms. The van der Waals surface area contributed by atoms with Crippen molar-refractivity contribution >= 4 is 28.8 Å². The Balaban J connectivity index is 1.11. The Morgan fingerprint density at radius 2 is 1.61 bits per heavy atom. The van der Waals surface area contributed by atoms with Gasteiger partial charge in [0, 0.05) is 61.1 Å². The summed E-state index contributed by atoms with van der Waals surface area (Å²) in [7, 11) is 0. The number of nitrogens with one attached hydrogen (secondary N) is 2. The molecule has 0 aliphatic carbocycles. The van der Waals surface area contributed by atoms with Crippen LogP contribution in [0.1, 0.15) is 36.0 Å². The molecule has 0 atom stereocenters. The molecule has 0 radical (unpaired) electrons. The summed E-state index contributed by atoms with van der Waals surface area (Å²) in [5, 5.41) is 6.84. The van der Waals surface area contributed by atoms with Crippen LogP contribution in [0, 0.1) is 5.92 Å². The van der Waals surface area contributed by atoms with Gasteiger partial charge in [0.05, 0.1) is 13.0 Å². The van der Waals surface area contributed by atoms with E-state index in [1.165, 1.54) is 24.1 Å². The van der Waals surface area contributed by atoms with Crippen LogP contribution in [0.3, 0.4) is 0 Å². The van der Waals surface area contributed by atoms with Crippen molar-refractivity contribution < 1.29 is 9.53 Å². The van der Waals surface area contributed by atoms with Gasteiger partial charge in [-0.15, -0.1) is 0 Å². The number of ether oxygens (including phenoxy) is 1. The Labute approximate surface area is 242 Å². The predicted octanol–water partition coefficient (Wildman–Crippen LogP) is 6.29. The van der Waals surface area contributed by atoms with Gasteiger partial charge in [-0.3, -0.25) is 4.79 Å². The average molecular weight is 550 g/mol. The van der Waals surface area contributed by atoms with Gasteiger partial charge in [-0.2, -0.15) is 0 Å². The summed E-state index contributed by atoms with van der Waals surface area (Å²) in [6, 6.07) is 31.0. The minimum atomic E-state index is -0.383. The van der Waals surface area contributed by atoms with Crippen LogP contribution in [0.15, 0.2) is 97.2 Å². The number of hydrogen-bond donors (Lipinski definition) is 3. The first-order valence-corrected chi connectivity index (χ1v) is 14.4. The van der Waals surface area contributed by atoms with Crippen LogP contribution in [-0.2, 0) is 29.1 Å². The third kappa shape index (κ3) is 8.56. The van der Waals surface area contributed by atoms with Crippen LogP contribution < -0.4 is 21.3 Å². The van der Waals surface area contributed by atoms with E-state index in [9.17, 15) is 4.79 Å². The van der Waals surface area contributed by atoms with E-state index in [2.05, 4.69) is 81.2 Å². The Hall–Kier alpha value is -4.36. The first kappa shape index (κ1) is 28.2. The van der Waals surface area contributed by atoms with Gasteiger partial charge in [-0.25, -0.2) is 4.98 Å². The Bertz CT molecular complexity index is 1370. The van der Waals surface area contributed by atoms with Crippen LogP contribution in [0.2, 0.25) is 0 Å². The van der Waals surface area contributed by atoms with Gasteiger partial charge in [0.15, 0.2) is 0 Å². The third-order valence-corrected chi connectivity index (χ3v) is 7.58. The third-order valence-electron chi connectivity index (χ3n) is 7.58. The zero-order valence-corrected chi connectivity index (χ0v) is 23.5. The predicted molar refractivity (Wildman–Crippen MR) is 166 cm³/mol. The van der Waals surface area contributed by atoms with E-state index < -0.39 is 0 Å². The van der Waals surface area contributed by atoms with Gasteiger partial charge in [-0.05, 0) is 60.6 Å². The van der Waals surface area contributed by atoms with Gasteiger partial charge in [0.2, 0.25) is 5.91 Å². The molecule has 1 saturated heterocycles.